The van der Waals surface area contributed by atoms with Crippen LogP contribution in [0.25, 0.3) is 0 Å². The fourth-order valence-electron chi connectivity index (χ4n) is 1.80. The van der Waals surface area contributed by atoms with E-state index in [1.165, 1.54) is 5.57 Å². The summed E-state index contributed by atoms with van der Waals surface area (Å²) in [6.07, 6.45) is 4.66. The van der Waals surface area contributed by atoms with Gasteiger partial charge < -0.3 is 4.90 Å². The average molecular weight is 237 g/mol. The molecule has 0 radical (unpaired) electrons. The molecule has 2 heterocycles. The first-order chi connectivity index (χ1) is 7.68. The first-order valence-electron chi connectivity index (χ1n) is 5.24. The molecule has 1 aromatic rings. The monoisotopic (exact) mass is 236 g/mol. The lowest BCUT2D eigenvalue weighted by atomic mass is 10.1. The number of pyridine rings is 1. The Morgan fingerprint density at radius 2 is 2.38 bits per heavy atom. The average Bonchev–Trinajstić information content (AvgIpc) is 2.29. The summed E-state index contributed by atoms with van der Waals surface area (Å²) in [4.78, 5) is 17.9. The SMILES string of the molecule is CC1=CCCN(C(=O)c2cccnc2Cl)C1. The Labute approximate surface area is 99.7 Å². The number of rotatable bonds is 1. The van der Waals surface area contributed by atoms with Crippen LogP contribution >= 0.6 is 11.6 Å². The largest absolute Gasteiger partial charge is 0.334 e. The molecule has 1 aliphatic rings. The molecule has 2 rings (SSSR count). The summed E-state index contributed by atoms with van der Waals surface area (Å²) in [5.41, 5.74) is 1.71. The smallest absolute Gasteiger partial charge is 0.257 e. The van der Waals surface area contributed by atoms with Crippen molar-refractivity contribution in [1.82, 2.24) is 9.88 Å². The van der Waals surface area contributed by atoms with Crippen LogP contribution in [0.5, 0.6) is 0 Å². The van der Waals surface area contributed by atoms with Crippen molar-refractivity contribution in [3.05, 3.63) is 40.7 Å². The van der Waals surface area contributed by atoms with E-state index < -0.39 is 0 Å². The Hall–Kier alpha value is -1.35. The number of carbonyl (C=O) groups excluding carboxylic acids is 1. The fourth-order valence-corrected chi connectivity index (χ4v) is 2.00. The minimum atomic E-state index is -0.0365. The number of halogens is 1. The Kier molecular flexibility index (Phi) is 3.25. The van der Waals surface area contributed by atoms with E-state index in [9.17, 15) is 4.79 Å². The van der Waals surface area contributed by atoms with E-state index in [0.29, 0.717) is 12.1 Å². The van der Waals surface area contributed by atoms with Crippen LogP contribution in [-0.2, 0) is 0 Å². The van der Waals surface area contributed by atoms with Crippen LogP contribution in [0.3, 0.4) is 0 Å². The van der Waals surface area contributed by atoms with E-state index in [4.69, 9.17) is 11.6 Å². The van der Waals surface area contributed by atoms with Gasteiger partial charge in [-0.15, -0.1) is 0 Å². The van der Waals surface area contributed by atoms with Crippen molar-refractivity contribution in [2.75, 3.05) is 13.1 Å². The van der Waals surface area contributed by atoms with Crippen LogP contribution in [0.1, 0.15) is 23.7 Å². The van der Waals surface area contributed by atoms with E-state index in [1.54, 1.807) is 23.2 Å². The molecule has 3 nitrogen and oxygen atoms in total. The van der Waals surface area contributed by atoms with Crippen molar-refractivity contribution >= 4 is 17.5 Å². The van der Waals surface area contributed by atoms with Crippen molar-refractivity contribution in [3.63, 3.8) is 0 Å². The molecule has 16 heavy (non-hydrogen) atoms. The molecule has 0 unspecified atom stereocenters. The highest BCUT2D eigenvalue weighted by Gasteiger charge is 2.20. The van der Waals surface area contributed by atoms with Gasteiger partial charge in [0.25, 0.3) is 5.91 Å². The number of aromatic nitrogens is 1. The Balaban J connectivity index is 2.20. The van der Waals surface area contributed by atoms with Gasteiger partial charge >= 0.3 is 0 Å². The van der Waals surface area contributed by atoms with Gasteiger partial charge in [-0.1, -0.05) is 23.3 Å². The van der Waals surface area contributed by atoms with E-state index in [0.717, 1.165) is 13.0 Å². The molecule has 4 heteroatoms. The number of nitrogens with zero attached hydrogens (tertiary/aromatic N) is 2. The summed E-state index contributed by atoms with van der Waals surface area (Å²) in [5.74, 6) is -0.0365. The van der Waals surface area contributed by atoms with Gasteiger partial charge in [0.15, 0.2) is 0 Å². The quantitative estimate of drug-likeness (QED) is 0.555. The lowest BCUT2D eigenvalue weighted by Crippen LogP contribution is -2.35. The van der Waals surface area contributed by atoms with Crippen LogP contribution in [0.4, 0.5) is 0 Å². The highest BCUT2D eigenvalue weighted by molar-refractivity contribution is 6.32. The zero-order valence-electron chi connectivity index (χ0n) is 9.11. The number of amides is 1. The third kappa shape index (κ3) is 2.25. The summed E-state index contributed by atoms with van der Waals surface area (Å²) in [6, 6.07) is 3.44. The van der Waals surface area contributed by atoms with Crippen LogP contribution in [-0.4, -0.2) is 28.9 Å². The highest BCUT2D eigenvalue weighted by atomic mass is 35.5. The Bertz CT molecular complexity index is 442. The van der Waals surface area contributed by atoms with Gasteiger partial charge in [0.2, 0.25) is 0 Å². The third-order valence-electron chi connectivity index (χ3n) is 2.61. The second-order valence-electron chi connectivity index (χ2n) is 3.91. The second kappa shape index (κ2) is 4.66. The zero-order chi connectivity index (χ0) is 11.5. The predicted octanol–water partition coefficient (Wildman–Crippen LogP) is 2.53. The van der Waals surface area contributed by atoms with Crippen molar-refractivity contribution in [2.24, 2.45) is 0 Å². The molecule has 1 aliphatic heterocycles. The molecule has 0 aromatic carbocycles. The molecule has 0 fully saturated rings. The molecular formula is C12H13ClN2O. The summed E-state index contributed by atoms with van der Waals surface area (Å²) in [7, 11) is 0. The van der Waals surface area contributed by atoms with E-state index in [1.807, 2.05) is 6.92 Å². The minimum absolute atomic E-state index is 0.0365. The molecule has 0 spiro atoms. The molecule has 0 N–H and O–H groups in total. The fraction of sp³-hybridized carbons (Fsp3) is 0.333. The molecule has 0 bridgehead atoms. The zero-order valence-corrected chi connectivity index (χ0v) is 9.87. The molecule has 84 valence electrons. The van der Waals surface area contributed by atoms with Crippen molar-refractivity contribution < 1.29 is 4.79 Å². The molecular weight excluding hydrogens is 224 g/mol. The molecule has 0 saturated heterocycles. The lowest BCUT2D eigenvalue weighted by molar-refractivity contribution is 0.0766. The van der Waals surface area contributed by atoms with Gasteiger partial charge in [-0.3, -0.25) is 4.79 Å². The van der Waals surface area contributed by atoms with E-state index >= 15 is 0 Å². The topological polar surface area (TPSA) is 33.2 Å². The number of hydrogen-bond acceptors (Lipinski definition) is 2. The number of hydrogen-bond donors (Lipinski definition) is 0. The van der Waals surface area contributed by atoms with Crippen molar-refractivity contribution in [1.29, 1.82) is 0 Å². The van der Waals surface area contributed by atoms with Crippen LogP contribution in [0.2, 0.25) is 5.15 Å². The summed E-state index contributed by atoms with van der Waals surface area (Å²) in [6.45, 7) is 3.47. The molecule has 0 atom stereocenters. The lowest BCUT2D eigenvalue weighted by Gasteiger charge is -2.26. The molecule has 0 aliphatic carbocycles. The Morgan fingerprint density at radius 3 is 3.06 bits per heavy atom. The first-order valence-corrected chi connectivity index (χ1v) is 5.61. The van der Waals surface area contributed by atoms with Gasteiger partial charge in [0, 0.05) is 19.3 Å². The number of carbonyl (C=O) groups is 1. The summed E-state index contributed by atoms with van der Waals surface area (Å²) < 4.78 is 0. The second-order valence-corrected chi connectivity index (χ2v) is 4.27. The van der Waals surface area contributed by atoms with Gasteiger partial charge in [-0.2, -0.15) is 0 Å². The predicted molar refractivity (Wildman–Crippen MR) is 63.5 cm³/mol. The maximum absolute atomic E-state index is 12.1. The molecule has 0 saturated carbocycles. The normalized spacial score (nSPS) is 15.9. The Morgan fingerprint density at radius 1 is 1.56 bits per heavy atom. The maximum Gasteiger partial charge on any atom is 0.257 e. The first kappa shape index (κ1) is 11.1. The molecule has 1 aromatic heterocycles. The highest BCUT2D eigenvalue weighted by Crippen LogP contribution is 2.17. The van der Waals surface area contributed by atoms with Crippen LogP contribution < -0.4 is 0 Å². The third-order valence-corrected chi connectivity index (χ3v) is 2.91. The summed E-state index contributed by atoms with van der Waals surface area (Å²) in [5, 5.41) is 0.278. The van der Waals surface area contributed by atoms with Crippen molar-refractivity contribution in [2.45, 2.75) is 13.3 Å². The van der Waals surface area contributed by atoms with Crippen molar-refractivity contribution in [3.8, 4) is 0 Å². The standard InChI is InChI=1S/C12H13ClN2O/c1-9-4-3-7-15(8-9)12(16)10-5-2-6-14-11(10)13/h2,4-6H,3,7-8H2,1H3. The van der Waals surface area contributed by atoms with E-state index in [-0.39, 0.29) is 11.1 Å². The van der Waals surface area contributed by atoms with Crippen LogP contribution in [0.15, 0.2) is 30.0 Å². The van der Waals surface area contributed by atoms with Gasteiger partial charge in [0.05, 0.1) is 5.56 Å². The summed E-state index contributed by atoms with van der Waals surface area (Å²) >= 11 is 5.90. The van der Waals surface area contributed by atoms with E-state index in [2.05, 4.69) is 11.1 Å². The van der Waals surface area contributed by atoms with Crippen LogP contribution in [0, 0.1) is 0 Å². The van der Waals surface area contributed by atoms with Gasteiger partial charge in [-0.25, -0.2) is 4.98 Å². The molecule has 1 amide bonds. The minimum Gasteiger partial charge on any atom is -0.334 e. The van der Waals surface area contributed by atoms with Gasteiger partial charge in [-0.05, 0) is 25.5 Å². The maximum atomic E-state index is 12.1. The van der Waals surface area contributed by atoms with Gasteiger partial charge in [0.1, 0.15) is 5.15 Å².